The second-order valence-corrected chi connectivity index (χ2v) is 5.28. The molecule has 2 N–H and O–H groups in total. The van der Waals surface area contributed by atoms with Gasteiger partial charge in [0.15, 0.2) is 11.5 Å². The van der Waals surface area contributed by atoms with Crippen LogP contribution in [0.1, 0.15) is 10.4 Å². The number of hydrogen-bond donors (Lipinski definition) is 2. The van der Waals surface area contributed by atoms with Crippen LogP contribution in [0, 0.1) is 0 Å². The predicted octanol–water partition coefficient (Wildman–Crippen LogP) is 4.45. The number of amides is 1. The van der Waals surface area contributed by atoms with E-state index in [2.05, 4.69) is 5.32 Å². The van der Waals surface area contributed by atoms with Crippen molar-refractivity contribution in [1.82, 2.24) is 0 Å². The molecule has 0 aliphatic rings. The van der Waals surface area contributed by atoms with Crippen molar-refractivity contribution in [3.05, 3.63) is 78.4 Å². The van der Waals surface area contributed by atoms with Gasteiger partial charge < -0.3 is 19.9 Å². The summed E-state index contributed by atoms with van der Waals surface area (Å²) in [6.07, 6.45) is 0. The number of methoxy groups -OCH3 is 1. The minimum Gasteiger partial charge on any atom is -0.504 e. The second-order valence-electron chi connectivity index (χ2n) is 5.28. The van der Waals surface area contributed by atoms with Crippen LogP contribution in [0.15, 0.2) is 72.8 Å². The van der Waals surface area contributed by atoms with E-state index in [0.29, 0.717) is 17.0 Å². The Morgan fingerprint density at radius 1 is 0.920 bits per heavy atom. The Hall–Kier alpha value is -3.47. The smallest absolute Gasteiger partial charge is 0.255 e. The van der Waals surface area contributed by atoms with Gasteiger partial charge >= 0.3 is 0 Å². The van der Waals surface area contributed by atoms with Crippen LogP contribution in [-0.2, 0) is 0 Å². The summed E-state index contributed by atoms with van der Waals surface area (Å²) in [7, 11) is 1.43. The van der Waals surface area contributed by atoms with Gasteiger partial charge in [-0.25, -0.2) is 0 Å². The molecule has 126 valence electrons. The van der Waals surface area contributed by atoms with Gasteiger partial charge in [0.1, 0.15) is 11.5 Å². The van der Waals surface area contributed by atoms with Crippen LogP contribution in [0.4, 0.5) is 5.69 Å². The second kappa shape index (κ2) is 7.40. The summed E-state index contributed by atoms with van der Waals surface area (Å²) in [5, 5.41) is 12.4. The minimum absolute atomic E-state index is 0.0125. The summed E-state index contributed by atoms with van der Waals surface area (Å²) < 4.78 is 10.7. The topological polar surface area (TPSA) is 67.8 Å². The molecule has 0 spiro atoms. The molecule has 0 aliphatic heterocycles. The van der Waals surface area contributed by atoms with Crippen LogP contribution in [-0.4, -0.2) is 18.1 Å². The van der Waals surface area contributed by atoms with Crippen molar-refractivity contribution in [2.75, 3.05) is 12.4 Å². The molecule has 0 aliphatic carbocycles. The molecule has 1 amide bonds. The lowest BCUT2D eigenvalue weighted by Crippen LogP contribution is -2.11. The number of rotatable bonds is 5. The molecular weight excluding hydrogens is 318 g/mol. The van der Waals surface area contributed by atoms with Gasteiger partial charge in [-0.2, -0.15) is 0 Å². The molecule has 3 aromatic rings. The quantitative estimate of drug-likeness (QED) is 0.723. The molecule has 3 rings (SSSR count). The van der Waals surface area contributed by atoms with E-state index >= 15 is 0 Å². The fraction of sp³-hybridized carbons (Fsp3) is 0.0500. The summed E-state index contributed by atoms with van der Waals surface area (Å²) >= 11 is 0. The monoisotopic (exact) mass is 335 g/mol. The van der Waals surface area contributed by atoms with E-state index in [0.717, 1.165) is 5.75 Å². The Morgan fingerprint density at radius 3 is 2.28 bits per heavy atom. The molecule has 0 atom stereocenters. The standard InChI is InChI=1S/C20H17NO4/c1-24-19-13-14(7-12-18(19)22)20(23)21-15-8-10-17(11-9-15)25-16-5-3-2-4-6-16/h2-13,22H,1H3,(H,21,23). The SMILES string of the molecule is COc1cc(C(=O)Nc2ccc(Oc3ccccc3)cc2)ccc1O. The molecule has 0 radical (unpaired) electrons. The zero-order chi connectivity index (χ0) is 17.6. The predicted molar refractivity (Wildman–Crippen MR) is 95.6 cm³/mol. The number of carbonyl (C=O) groups is 1. The van der Waals surface area contributed by atoms with Crippen molar-refractivity contribution in [3.8, 4) is 23.0 Å². The molecule has 0 saturated carbocycles. The highest BCUT2D eigenvalue weighted by Gasteiger charge is 2.10. The lowest BCUT2D eigenvalue weighted by molar-refractivity contribution is 0.102. The summed E-state index contributed by atoms with van der Waals surface area (Å²) in [6, 6.07) is 21.0. The van der Waals surface area contributed by atoms with Crippen LogP contribution in [0.2, 0.25) is 0 Å². The van der Waals surface area contributed by atoms with E-state index in [1.54, 1.807) is 24.3 Å². The van der Waals surface area contributed by atoms with Gasteiger partial charge in [0.2, 0.25) is 0 Å². The van der Waals surface area contributed by atoms with Gasteiger partial charge in [0.25, 0.3) is 5.91 Å². The van der Waals surface area contributed by atoms with Crippen LogP contribution in [0.3, 0.4) is 0 Å². The number of para-hydroxylation sites is 1. The number of aromatic hydroxyl groups is 1. The van der Waals surface area contributed by atoms with Gasteiger partial charge in [0.05, 0.1) is 7.11 Å². The van der Waals surface area contributed by atoms with Gasteiger partial charge in [-0.3, -0.25) is 4.79 Å². The molecule has 5 nitrogen and oxygen atoms in total. The molecule has 25 heavy (non-hydrogen) atoms. The maximum absolute atomic E-state index is 12.3. The first-order chi connectivity index (χ1) is 12.2. The summed E-state index contributed by atoms with van der Waals surface area (Å²) in [5.41, 5.74) is 1.02. The maximum atomic E-state index is 12.3. The summed E-state index contributed by atoms with van der Waals surface area (Å²) in [4.78, 5) is 12.3. The first-order valence-corrected chi connectivity index (χ1v) is 7.67. The highest BCUT2D eigenvalue weighted by molar-refractivity contribution is 6.04. The van der Waals surface area contributed by atoms with Crippen molar-refractivity contribution in [1.29, 1.82) is 0 Å². The number of carbonyl (C=O) groups excluding carboxylic acids is 1. The molecule has 0 unspecified atom stereocenters. The van der Waals surface area contributed by atoms with E-state index in [1.807, 2.05) is 30.3 Å². The van der Waals surface area contributed by atoms with Crippen molar-refractivity contribution in [2.45, 2.75) is 0 Å². The Labute approximate surface area is 145 Å². The van der Waals surface area contributed by atoms with Gasteiger partial charge in [0, 0.05) is 11.3 Å². The molecule has 0 bridgehead atoms. The van der Waals surface area contributed by atoms with Gasteiger partial charge in [-0.1, -0.05) is 18.2 Å². The molecule has 3 aromatic carbocycles. The molecule has 0 heterocycles. The maximum Gasteiger partial charge on any atom is 0.255 e. The summed E-state index contributed by atoms with van der Waals surface area (Å²) in [5.74, 6) is 1.36. The lowest BCUT2D eigenvalue weighted by atomic mass is 10.2. The summed E-state index contributed by atoms with van der Waals surface area (Å²) in [6.45, 7) is 0. The average Bonchev–Trinajstić information content (AvgIpc) is 2.64. The van der Waals surface area contributed by atoms with Gasteiger partial charge in [-0.05, 0) is 54.6 Å². The first-order valence-electron chi connectivity index (χ1n) is 7.67. The number of nitrogens with one attached hydrogen (secondary N) is 1. The van der Waals surface area contributed by atoms with E-state index in [4.69, 9.17) is 9.47 Å². The van der Waals surface area contributed by atoms with Gasteiger partial charge in [-0.15, -0.1) is 0 Å². The molecule has 0 saturated heterocycles. The average molecular weight is 335 g/mol. The normalized spacial score (nSPS) is 10.1. The first kappa shape index (κ1) is 16.4. The largest absolute Gasteiger partial charge is 0.504 e. The fourth-order valence-electron chi connectivity index (χ4n) is 2.25. The van der Waals surface area contributed by atoms with E-state index in [-0.39, 0.29) is 17.4 Å². The minimum atomic E-state index is -0.296. The van der Waals surface area contributed by atoms with Crippen molar-refractivity contribution >= 4 is 11.6 Å². The Bertz CT molecular complexity index is 861. The number of phenols is 1. The zero-order valence-electron chi connectivity index (χ0n) is 13.6. The highest BCUT2D eigenvalue weighted by atomic mass is 16.5. The third-order valence-corrected chi connectivity index (χ3v) is 3.53. The van der Waals surface area contributed by atoms with Crippen LogP contribution in [0.25, 0.3) is 0 Å². The van der Waals surface area contributed by atoms with E-state index in [1.165, 1.54) is 25.3 Å². The van der Waals surface area contributed by atoms with Crippen LogP contribution in [0.5, 0.6) is 23.0 Å². The van der Waals surface area contributed by atoms with Crippen LogP contribution >= 0.6 is 0 Å². The Balaban J connectivity index is 1.68. The number of anilines is 1. The number of phenolic OH excluding ortho intramolecular Hbond substituents is 1. The van der Waals surface area contributed by atoms with Crippen molar-refractivity contribution in [2.24, 2.45) is 0 Å². The van der Waals surface area contributed by atoms with E-state index in [9.17, 15) is 9.90 Å². The molecule has 0 aromatic heterocycles. The van der Waals surface area contributed by atoms with Crippen LogP contribution < -0.4 is 14.8 Å². The van der Waals surface area contributed by atoms with E-state index < -0.39 is 0 Å². The zero-order valence-corrected chi connectivity index (χ0v) is 13.6. The Kier molecular flexibility index (Phi) is 4.85. The number of benzene rings is 3. The lowest BCUT2D eigenvalue weighted by Gasteiger charge is -2.09. The molecule has 5 heteroatoms. The third-order valence-electron chi connectivity index (χ3n) is 3.53. The molecule has 0 fully saturated rings. The molecular formula is C20H17NO4. The number of hydrogen-bond acceptors (Lipinski definition) is 4. The third kappa shape index (κ3) is 4.09. The van der Waals surface area contributed by atoms with Crippen molar-refractivity contribution < 1.29 is 19.4 Å². The fourth-order valence-corrected chi connectivity index (χ4v) is 2.25. The highest BCUT2D eigenvalue weighted by Crippen LogP contribution is 2.27. The Morgan fingerprint density at radius 2 is 1.60 bits per heavy atom. The number of ether oxygens (including phenoxy) is 2. The van der Waals surface area contributed by atoms with Crippen molar-refractivity contribution in [3.63, 3.8) is 0 Å².